The number of benzene rings is 5. The molecule has 0 atom stereocenters. The largest absolute Gasteiger partial charge is 0.0610 e. The van der Waals surface area contributed by atoms with Crippen LogP contribution < -0.4 is 0 Å². The molecule has 0 N–H and O–H groups in total. The molecule has 5 rings (SSSR count). The molecule has 0 aliphatic rings. The van der Waals surface area contributed by atoms with E-state index in [2.05, 4.69) is 132 Å². The summed E-state index contributed by atoms with van der Waals surface area (Å²) in [5.74, 6) is 0. The average Bonchev–Trinajstić information content (AvgIpc) is 2.73. The maximum atomic E-state index is 2.56. The predicted molar refractivity (Wildman–Crippen MR) is 162 cm³/mol. The molecule has 5 aromatic rings. The Hall–Kier alpha value is -2.60. The Balaban J connectivity index is 2.27. The van der Waals surface area contributed by atoms with Gasteiger partial charge in [-0.2, -0.15) is 0 Å². The molecule has 5 aromatic carbocycles. The van der Waals surface area contributed by atoms with E-state index in [1.165, 1.54) is 65.3 Å². The normalized spacial score (nSPS) is 14.1. The Kier molecular flexibility index (Phi) is 5.20. The van der Waals surface area contributed by atoms with Gasteiger partial charge >= 0.3 is 0 Å². The highest BCUT2D eigenvalue weighted by Crippen LogP contribution is 2.51. The van der Waals surface area contributed by atoms with E-state index in [0.29, 0.717) is 0 Å². The Morgan fingerprint density at radius 3 is 1.36 bits per heavy atom. The van der Waals surface area contributed by atoms with Crippen LogP contribution in [0.1, 0.15) is 105 Å². The first-order valence-electron chi connectivity index (χ1n) is 13.6. The fraction of sp³-hybridized carbons (Fsp3) is 0.444. The van der Waals surface area contributed by atoms with Crippen LogP contribution in [0.5, 0.6) is 0 Å². The number of fused-ring (bicyclic) bond motifs is 2. The lowest BCUT2D eigenvalue weighted by Gasteiger charge is -2.34. The summed E-state index contributed by atoms with van der Waals surface area (Å²) >= 11 is 0. The summed E-state index contributed by atoms with van der Waals surface area (Å²) in [6, 6.07) is 19.1. The van der Waals surface area contributed by atoms with Crippen molar-refractivity contribution in [1.82, 2.24) is 0 Å². The summed E-state index contributed by atoms with van der Waals surface area (Å²) in [6.45, 7) is 28.5. The van der Waals surface area contributed by atoms with Crippen molar-refractivity contribution in [3.05, 3.63) is 70.8 Å². The van der Waals surface area contributed by atoms with Gasteiger partial charge in [-0.05, 0) is 87.0 Å². The van der Waals surface area contributed by atoms with Gasteiger partial charge in [0.25, 0.3) is 0 Å². The zero-order valence-electron chi connectivity index (χ0n) is 24.6. The van der Waals surface area contributed by atoms with Crippen molar-refractivity contribution in [2.24, 2.45) is 0 Å². The van der Waals surface area contributed by atoms with E-state index in [1.807, 2.05) is 0 Å². The standard InChI is InChI=1S/C36H44/c1-33(2,3)24-18-16-21-14-13-15-22-28(21)29(24)23-17-19-25(34(4,5)6)32-27(36(10,11)12)20-26(35(7,8)9)30(22)31(23)32/h13-20H,1-12H3. The molecule has 0 radical (unpaired) electrons. The monoisotopic (exact) mass is 476 g/mol. The minimum atomic E-state index is 0.0276. The van der Waals surface area contributed by atoms with Gasteiger partial charge in [0.1, 0.15) is 0 Å². The Morgan fingerprint density at radius 2 is 0.806 bits per heavy atom. The van der Waals surface area contributed by atoms with Crippen LogP contribution in [0.15, 0.2) is 48.5 Å². The number of rotatable bonds is 0. The van der Waals surface area contributed by atoms with Crippen LogP contribution in [-0.2, 0) is 21.7 Å². The summed E-state index contributed by atoms with van der Waals surface area (Å²) in [4.78, 5) is 0. The van der Waals surface area contributed by atoms with Gasteiger partial charge in [-0.25, -0.2) is 0 Å². The Morgan fingerprint density at radius 1 is 0.361 bits per heavy atom. The fourth-order valence-electron chi connectivity index (χ4n) is 6.35. The second kappa shape index (κ2) is 7.47. The van der Waals surface area contributed by atoms with Crippen molar-refractivity contribution in [2.75, 3.05) is 0 Å². The van der Waals surface area contributed by atoms with Crippen LogP contribution in [0.25, 0.3) is 43.1 Å². The zero-order valence-corrected chi connectivity index (χ0v) is 24.6. The molecule has 0 unspecified atom stereocenters. The molecule has 0 fully saturated rings. The maximum Gasteiger partial charge on any atom is -0.00173 e. The maximum absolute atomic E-state index is 2.56. The Bertz CT molecular complexity index is 1630. The van der Waals surface area contributed by atoms with Crippen molar-refractivity contribution in [1.29, 1.82) is 0 Å². The molecular weight excluding hydrogens is 432 g/mol. The number of hydrogen-bond acceptors (Lipinski definition) is 0. The van der Waals surface area contributed by atoms with Crippen LogP contribution in [0.4, 0.5) is 0 Å². The molecule has 0 aliphatic heterocycles. The van der Waals surface area contributed by atoms with Crippen LogP contribution >= 0.6 is 0 Å². The van der Waals surface area contributed by atoms with Gasteiger partial charge in [-0.3, -0.25) is 0 Å². The first-order valence-corrected chi connectivity index (χ1v) is 13.6. The van der Waals surface area contributed by atoms with Gasteiger partial charge in [-0.15, -0.1) is 0 Å². The predicted octanol–water partition coefficient (Wildman–Crippen LogP) is 10.9. The van der Waals surface area contributed by atoms with E-state index in [1.54, 1.807) is 0 Å². The van der Waals surface area contributed by atoms with E-state index in [9.17, 15) is 0 Å². The van der Waals surface area contributed by atoms with Gasteiger partial charge in [0.15, 0.2) is 0 Å². The van der Waals surface area contributed by atoms with Crippen molar-refractivity contribution >= 4 is 43.1 Å². The fourth-order valence-corrected chi connectivity index (χ4v) is 6.35. The van der Waals surface area contributed by atoms with Gasteiger partial charge in [-0.1, -0.05) is 132 Å². The molecule has 0 heteroatoms. The van der Waals surface area contributed by atoms with Crippen LogP contribution in [0, 0.1) is 0 Å². The second-order valence-corrected chi connectivity index (χ2v) is 15.1. The molecule has 0 bridgehead atoms. The molecule has 0 saturated carbocycles. The van der Waals surface area contributed by atoms with Crippen LogP contribution in [-0.4, -0.2) is 0 Å². The first kappa shape index (κ1) is 25.1. The third-order valence-corrected chi connectivity index (χ3v) is 8.10. The third kappa shape index (κ3) is 3.63. The van der Waals surface area contributed by atoms with E-state index >= 15 is 0 Å². The van der Waals surface area contributed by atoms with Crippen LogP contribution in [0.3, 0.4) is 0 Å². The van der Waals surface area contributed by atoms with Crippen molar-refractivity contribution in [2.45, 2.75) is 105 Å². The summed E-state index contributed by atoms with van der Waals surface area (Å²) in [7, 11) is 0. The highest BCUT2D eigenvalue weighted by Gasteiger charge is 2.32. The number of hydrogen-bond donors (Lipinski definition) is 0. The highest BCUT2D eigenvalue weighted by atomic mass is 14.4. The molecular formula is C36H44. The third-order valence-electron chi connectivity index (χ3n) is 8.10. The lowest BCUT2D eigenvalue weighted by atomic mass is 9.70. The highest BCUT2D eigenvalue weighted by molar-refractivity contribution is 6.35. The quantitative estimate of drug-likeness (QED) is 0.154. The molecule has 0 heterocycles. The van der Waals surface area contributed by atoms with Gasteiger partial charge < -0.3 is 0 Å². The topological polar surface area (TPSA) is 0 Å². The van der Waals surface area contributed by atoms with E-state index in [-0.39, 0.29) is 21.7 Å². The van der Waals surface area contributed by atoms with Crippen molar-refractivity contribution in [3.8, 4) is 0 Å². The molecule has 36 heavy (non-hydrogen) atoms. The second-order valence-electron chi connectivity index (χ2n) is 15.1. The van der Waals surface area contributed by atoms with Crippen LogP contribution in [0.2, 0.25) is 0 Å². The summed E-state index contributed by atoms with van der Waals surface area (Å²) < 4.78 is 0. The summed E-state index contributed by atoms with van der Waals surface area (Å²) in [5, 5.41) is 11.4. The van der Waals surface area contributed by atoms with Crippen molar-refractivity contribution in [3.63, 3.8) is 0 Å². The molecule has 0 amide bonds. The zero-order chi connectivity index (χ0) is 26.6. The van der Waals surface area contributed by atoms with Gasteiger partial charge in [0.05, 0.1) is 0 Å². The van der Waals surface area contributed by atoms with E-state index in [0.717, 1.165) is 0 Å². The molecule has 0 aliphatic carbocycles. The smallest absolute Gasteiger partial charge is 0.00173 e. The minimum absolute atomic E-state index is 0.0276. The molecule has 0 aromatic heterocycles. The molecule has 0 spiro atoms. The SMILES string of the molecule is CC(C)(C)c1ccc2c3c(C(C)(C)C)ccc4cccc(c5c(C(C)(C)C)cc(C(C)(C)C)c1c25)c43. The Labute approximate surface area is 218 Å². The molecule has 188 valence electrons. The summed E-state index contributed by atoms with van der Waals surface area (Å²) in [6.07, 6.45) is 0. The lowest BCUT2D eigenvalue weighted by Crippen LogP contribution is -2.21. The van der Waals surface area contributed by atoms with Crippen molar-refractivity contribution < 1.29 is 0 Å². The minimum Gasteiger partial charge on any atom is -0.0610 e. The molecule has 0 saturated heterocycles. The lowest BCUT2D eigenvalue weighted by molar-refractivity contribution is 0.570. The average molecular weight is 477 g/mol. The van der Waals surface area contributed by atoms with E-state index < -0.39 is 0 Å². The summed E-state index contributed by atoms with van der Waals surface area (Å²) in [5.41, 5.74) is 6.00. The van der Waals surface area contributed by atoms with E-state index in [4.69, 9.17) is 0 Å². The molecule has 0 nitrogen and oxygen atoms in total. The van der Waals surface area contributed by atoms with Gasteiger partial charge in [0, 0.05) is 0 Å². The van der Waals surface area contributed by atoms with Gasteiger partial charge in [0.2, 0.25) is 0 Å². The first-order chi connectivity index (χ1) is 16.4.